The third-order valence-electron chi connectivity index (χ3n) is 4.48. The first-order valence-electron chi connectivity index (χ1n) is 8.16. The minimum Gasteiger partial charge on any atom is -0.334 e. The summed E-state index contributed by atoms with van der Waals surface area (Å²) in [4.78, 5) is 16.5. The third kappa shape index (κ3) is 3.92. The summed E-state index contributed by atoms with van der Waals surface area (Å²) in [6.45, 7) is 2.60. The normalized spacial score (nSPS) is 18.4. The van der Waals surface area contributed by atoms with E-state index >= 15 is 0 Å². The summed E-state index contributed by atoms with van der Waals surface area (Å²) in [6, 6.07) is 16.4. The molecule has 126 valence electrons. The SMILES string of the molecule is CN1CCN(C(=O)NCc2ccccc2)CC1c1ccc(F)cc1. The predicted octanol–water partition coefficient (Wildman–Crippen LogP) is 3.02. The van der Waals surface area contributed by atoms with Crippen LogP contribution in [0.15, 0.2) is 54.6 Å². The van der Waals surface area contributed by atoms with E-state index in [4.69, 9.17) is 0 Å². The van der Waals surface area contributed by atoms with Crippen molar-refractivity contribution in [3.05, 3.63) is 71.5 Å². The first-order valence-corrected chi connectivity index (χ1v) is 8.16. The van der Waals surface area contributed by atoms with E-state index in [1.165, 1.54) is 12.1 Å². The van der Waals surface area contributed by atoms with Gasteiger partial charge in [0.25, 0.3) is 0 Å². The van der Waals surface area contributed by atoms with Crippen molar-refractivity contribution in [2.75, 3.05) is 26.7 Å². The molecule has 5 heteroatoms. The number of carbonyl (C=O) groups excluding carboxylic acids is 1. The zero-order valence-corrected chi connectivity index (χ0v) is 13.8. The molecule has 0 aromatic heterocycles. The molecule has 4 nitrogen and oxygen atoms in total. The maximum absolute atomic E-state index is 13.1. The van der Waals surface area contributed by atoms with Gasteiger partial charge in [-0.1, -0.05) is 42.5 Å². The molecule has 24 heavy (non-hydrogen) atoms. The number of carbonyl (C=O) groups is 1. The van der Waals surface area contributed by atoms with Crippen LogP contribution in [0, 0.1) is 5.82 Å². The molecule has 2 amide bonds. The second-order valence-electron chi connectivity index (χ2n) is 6.14. The molecule has 1 atom stereocenters. The number of amides is 2. The van der Waals surface area contributed by atoms with E-state index in [1.807, 2.05) is 42.3 Å². The number of benzene rings is 2. The molecule has 1 saturated heterocycles. The number of nitrogens with zero attached hydrogens (tertiary/aromatic N) is 2. The van der Waals surface area contributed by atoms with Crippen LogP contribution in [0.3, 0.4) is 0 Å². The van der Waals surface area contributed by atoms with Crippen LogP contribution in [0.5, 0.6) is 0 Å². The number of piperazine rings is 1. The van der Waals surface area contributed by atoms with Crippen LogP contribution in [-0.4, -0.2) is 42.5 Å². The van der Waals surface area contributed by atoms with Crippen molar-refractivity contribution in [3.63, 3.8) is 0 Å². The zero-order valence-electron chi connectivity index (χ0n) is 13.8. The number of halogens is 1. The van der Waals surface area contributed by atoms with Gasteiger partial charge >= 0.3 is 6.03 Å². The lowest BCUT2D eigenvalue weighted by atomic mass is 10.0. The molecule has 0 bridgehead atoms. The van der Waals surface area contributed by atoms with Gasteiger partial charge in [0.1, 0.15) is 5.82 Å². The van der Waals surface area contributed by atoms with Gasteiger partial charge in [-0.05, 0) is 30.3 Å². The predicted molar refractivity (Wildman–Crippen MR) is 92.0 cm³/mol. The zero-order chi connectivity index (χ0) is 16.9. The summed E-state index contributed by atoms with van der Waals surface area (Å²) in [7, 11) is 2.03. The Morgan fingerprint density at radius 2 is 1.83 bits per heavy atom. The van der Waals surface area contributed by atoms with Gasteiger partial charge in [0, 0.05) is 26.2 Å². The van der Waals surface area contributed by atoms with Gasteiger partial charge in [-0.15, -0.1) is 0 Å². The minimum absolute atomic E-state index is 0.0564. The molecule has 1 heterocycles. The Labute approximate surface area is 141 Å². The van der Waals surface area contributed by atoms with E-state index in [1.54, 1.807) is 12.1 Å². The van der Waals surface area contributed by atoms with Gasteiger partial charge in [0.2, 0.25) is 0 Å². The Morgan fingerprint density at radius 1 is 1.12 bits per heavy atom. The van der Waals surface area contributed by atoms with Gasteiger partial charge in [-0.25, -0.2) is 9.18 Å². The molecule has 0 aliphatic carbocycles. The van der Waals surface area contributed by atoms with Gasteiger partial charge in [-0.2, -0.15) is 0 Å². The minimum atomic E-state index is -0.241. The maximum Gasteiger partial charge on any atom is 0.317 e. The molecule has 1 N–H and O–H groups in total. The lowest BCUT2D eigenvalue weighted by molar-refractivity contribution is 0.110. The maximum atomic E-state index is 13.1. The number of nitrogens with one attached hydrogen (secondary N) is 1. The first kappa shape index (κ1) is 16.5. The number of likely N-dealkylation sites (N-methyl/N-ethyl adjacent to an activating group) is 1. The number of urea groups is 1. The van der Waals surface area contributed by atoms with E-state index in [0.717, 1.165) is 17.7 Å². The molecule has 2 aromatic carbocycles. The number of hydrogen-bond donors (Lipinski definition) is 1. The highest BCUT2D eigenvalue weighted by molar-refractivity contribution is 5.74. The van der Waals surface area contributed by atoms with Crippen LogP contribution < -0.4 is 5.32 Å². The summed E-state index contributed by atoms with van der Waals surface area (Å²) >= 11 is 0. The summed E-state index contributed by atoms with van der Waals surface area (Å²) in [5.41, 5.74) is 2.11. The standard InChI is InChI=1S/C19H22FN3O/c1-22-11-12-23(14-18(22)16-7-9-17(20)10-8-16)19(24)21-13-15-5-3-2-4-6-15/h2-10,18H,11-14H2,1H3,(H,21,24). The summed E-state index contributed by atoms with van der Waals surface area (Å²) in [5, 5.41) is 2.97. The highest BCUT2D eigenvalue weighted by atomic mass is 19.1. The van der Waals surface area contributed by atoms with Crippen LogP contribution in [0.4, 0.5) is 9.18 Å². The highest BCUT2D eigenvalue weighted by Gasteiger charge is 2.28. The van der Waals surface area contributed by atoms with Crippen LogP contribution in [0.25, 0.3) is 0 Å². The molecular formula is C19H22FN3O. The van der Waals surface area contributed by atoms with E-state index in [-0.39, 0.29) is 17.9 Å². The second-order valence-corrected chi connectivity index (χ2v) is 6.14. The Bertz CT molecular complexity index is 675. The molecule has 1 fully saturated rings. The first-order chi connectivity index (χ1) is 11.6. The van der Waals surface area contributed by atoms with Crippen molar-refractivity contribution in [3.8, 4) is 0 Å². The molecule has 3 rings (SSSR count). The van der Waals surface area contributed by atoms with Crippen molar-refractivity contribution in [2.24, 2.45) is 0 Å². The van der Waals surface area contributed by atoms with E-state index in [9.17, 15) is 9.18 Å². The molecule has 1 aliphatic heterocycles. The smallest absolute Gasteiger partial charge is 0.317 e. The lowest BCUT2D eigenvalue weighted by Gasteiger charge is -2.39. The lowest BCUT2D eigenvalue weighted by Crippen LogP contribution is -2.51. The van der Waals surface area contributed by atoms with Crippen LogP contribution in [0.1, 0.15) is 17.2 Å². The van der Waals surface area contributed by atoms with Gasteiger partial charge in [0.15, 0.2) is 0 Å². The fraction of sp³-hybridized carbons (Fsp3) is 0.316. The fourth-order valence-corrected chi connectivity index (χ4v) is 2.99. The largest absolute Gasteiger partial charge is 0.334 e. The monoisotopic (exact) mass is 327 g/mol. The summed E-state index contributed by atoms with van der Waals surface area (Å²) in [5.74, 6) is -0.241. The molecular weight excluding hydrogens is 305 g/mol. The molecule has 1 unspecified atom stereocenters. The van der Waals surface area contributed by atoms with Crippen molar-refractivity contribution in [1.29, 1.82) is 0 Å². The van der Waals surface area contributed by atoms with Crippen LogP contribution >= 0.6 is 0 Å². The number of rotatable bonds is 3. The Balaban J connectivity index is 1.62. The van der Waals surface area contributed by atoms with Gasteiger partial charge in [0.05, 0.1) is 6.04 Å². The molecule has 0 saturated carbocycles. The van der Waals surface area contributed by atoms with E-state index < -0.39 is 0 Å². The van der Waals surface area contributed by atoms with Gasteiger partial charge in [-0.3, -0.25) is 4.90 Å². The summed E-state index contributed by atoms with van der Waals surface area (Å²) in [6.07, 6.45) is 0. The Kier molecular flexibility index (Phi) is 5.11. The van der Waals surface area contributed by atoms with E-state index in [0.29, 0.717) is 19.6 Å². The van der Waals surface area contributed by atoms with Crippen molar-refractivity contribution in [1.82, 2.24) is 15.1 Å². The van der Waals surface area contributed by atoms with Crippen LogP contribution in [-0.2, 0) is 6.54 Å². The Hall–Kier alpha value is -2.40. The van der Waals surface area contributed by atoms with E-state index in [2.05, 4.69) is 10.2 Å². The van der Waals surface area contributed by atoms with Gasteiger partial charge < -0.3 is 10.2 Å². The number of hydrogen-bond acceptors (Lipinski definition) is 2. The van der Waals surface area contributed by atoms with Crippen molar-refractivity contribution in [2.45, 2.75) is 12.6 Å². The fourth-order valence-electron chi connectivity index (χ4n) is 2.99. The topological polar surface area (TPSA) is 35.6 Å². The van der Waals surface area contributed by atoms with Crippen molar-refractivity contribution < 1.29 is 9.18 Å². The average Bonchev–Trinajstić information content (AvgIpc) is 2.62. The summed E-state index contributed by atoms with van der Waals surface area (Å²) < 4.78 is 13.1. The molecule has 2 aromatic rings. The average molecular weight is 327 g/mol. The molecule has 0 radical (unpaired) electrons. The Morgan fingerprint density at radius 3 is 2.54 bits per heavy atom. The highest BCUT2D eigenvalue weighted by Crippen LogP contribution is 2.24. The molecule has 0 spiro atoms. The third-order valence-corrected chi connectivity index (χ3v) is 4.48. The second kappa shape index (κ2) is 7.45. The quantitative estimate of drug-likeness (QED) is 0.940. The molecule has 1 aliphatic rings. The van der Waals surface area contributed by atoms with Crippen molar-refractivity contribution >= 4 is 6.03 Å². The van der Waals surface area contributed by atoms with Crippen LogP contribution in [0.2, 0.25) is 0 Å².